The molecule has 2 aromatic heterocycles. The highest BCUT2D eigenvalue weighted by atomic mass is 32.2. The summed E-state index contributed by atoms with van der Waals surface area (Å²) in [5.74, 6) is 0.0532. The first kappa shape index (κ1) is 22.2. The number of hydrogen-bond acceptors (Lipinski definition) is 5. The number of likely N-dealkylation sites (N-methyl/N-ethyl adjacent to an activating group) is 1. The van der Waals surface area contributed by atoms with Crippen molar-refractivity contribution in [2.75, 3.05) is 19.3 Å². The van der Waals surface area contributed by atoms with Crippen molar-refractivity contribution in [3.05, 3.63) is 77.9 Å². The van der Waals surface area contributed by atoms with Crippen LogP contribution < -0.4 is 0 Å². The zero-order valence-electron chi connectivity index (χ0n) is 17.7. The molecule has 0 bridgehead atoms. The maximum atomic E-state index is 12.6. The molecule has 3 rings (SSSR count). The first-order valence-corrected chi connectivity index (χ1v) is 12.0. The molecule has 0 aliphatic heterocycles. The Morgan fingerprint density at radius 3 is 2.47 bits per heavy atom. The van der Waals surface area contributed by atoms with E-state index in [0.717, 1.165) is 37.2 Å². The average molecular weight is 427 g/mol. The number of imidazole rings is 1. The largest absolute Gasteiger partial charge is 0.318 e. The minimum absolute atomic E-state index is 0.0532. The Morgan fingerprint density at radius 2 is 1.77 bits per heavy atom. The number of benzene rings is 1. The summed E-state index contributed by atoms with van der Waals surface area (Å²) in [5, 5.41) is 0.186. The predicted molar refractivity (Wildman–Crippen MR) is 119 cm³/mol. The molecule has 0 amide bonds. The van der Waals surface area contributed by atoms with E-state index in [9.17, 15) is 8.42 Å². The topological polar surface area (TPSA) is 68.1 Å². The predicted octanol–water partition coefficient (Wildman–Crippen LogP) is 3.38. The van der Waals surface area contributed by atoms with Gasteiger partial charge in [0, 0.05) is 37.9 Å². The van der Waals surface area contributed by atoms with Gasteiger partial charge in [-0.05, 0) is 37.6 Å². The summed E-state index contributed by atoms with van der Waals surface area (Å²) in [7, 11) is -1.33. The Kier molecular flexibility index (Phi) is 7.76. The van der Waals surface area contributed by atoms with E-state index in [1.807, 2.05) is 48.0 Å². The fourth-order valence-electron chi connectivity index (χ4n) is 3.43. The van der Waals surface area contributed by atoms with Crippen molar-refractivity contribution in [3.8, 4) is 0 Å². The molecule has 160 valence electrons. The second-order valence-electron chi connectivity index (χ2n) is 7.49. The smallest absolute Gasteiger partial charge is 0.227 e. The Morgan fingerprint density at radius 1 is 1.00 bits per heavy atom. The molecule has 0 unspecified atom stereocenters. The highest BCUT2D eigenvalue weighted by molar-refractivity contribution is 7.91. The standard InChI is InChI=1S/C23H30N4O2S/c1-3-30(28,29)23-25-18-22(19-26(2)17-14-21-13-7-8-15-24-21)27(23)16-9-12-20-10-5-4-6-11-20/h4-8,10-11,13,15,18H,3,9,12,14,16-17,19H2,1-2H3. The highest BCUT2D eigenvalue weighted by Crippen LogP contribution is 2.17. The lowest BCUT2D eigenvalue weighted by molar-refractivity contribution is 0.317. The summed E-state index contributed by atoms with van der Waals surface area (Å²) < 4.78 is 27.0. The normalized spacial score (nSPS) is 11.8. The monoisotopic (exact) mass is 426 g/mol. The van der Waals surface area contributed by atoms with Crippen molar-refractivity contribution in [3.63, 3.8) is 0 Å². The molecule has 30 heavy (non-hydrogen) atoms. The number of sulfone groups is 1. The zero-order chi connectivity index (χ0) is 21.4. The number of aryl methyl sites for hydroxylation is 1. The van der Waals surface area contributed by atoms with Gasteiger partial charge in [0.05, 0.1) is 17.6 Å². The molecule has 1 aromatic carbocycles. The summed E-state index contributed by atoms with van der Waals surface area (Å²) >= 11 is 0. The number of rotatable bonds is 11. The van der Waals surface area contributed by atoms with Crippen LogP contribution in [0.1, 0.15) is 30.3 Å². The Hall–Kier alpha value is -2.51. The SMILES string of the molecule is CCS(=O)(=O)c1ncc(CN(C)CCc2ccccn2)n1CCCc1ccccc1. The lowest BCUT2D eigenvalue weighted by Gasteiger charge is -2.18. The third-order valence-corrected chi connectivity index (χ3v) is 6.80. The van der Waals surface area contributed by atoms with Gasteiger partial charge < -0.3 is 9.47 Å². The first-order valence-electron chi connectivity index (χ1n) is 10.4. The molecule has 0 N–H and O–H groups in total. The van der Waals surface area contributed by atoms with E-state index in [2.05, 4.69) is 27.0 Å². The van der Waals surface area contributed by atoms with Crippen LogP contribution in [0.15, 0.2) is 66.1 Å². The number of nitrogens with zero attached hydrogens (tertiary/aromatic N) is 4. The van der Waals surface area contributed by atoms with Crippen LogP contribution in [0.4, 0.5) is 0 Å². The summed E-state index contributed by atoms with van der Waals surface area (Å²) in [5.41, 5.74) is 3.24. The van der Waals surface area contributed by atoms with Gasteiger partial charge in [0.1, 0.15) is 0 Å². The molecule has 0 aliphatic carbocycles. The molecule has 0 saturated carbocycles. The molecule has 0 spiro atoms. The molecule has 2 heterocycles. The van der Waals surface area contributed by atoms with Crippen LogP contribution in [0.3, 0.4) is 0 Å². The molecule has 3 aromatic rings. The van der Waals surface area contributed by atoms with Crippen LogP contribution in [0.5, 0.6) is 0 Å². The first-order chi connectivity index (χ1) is 14.5. The second kappa shape index (κ2) is 10.5. The van der Waals surface area contributed by atoms with E-state index in [0.29, 0.717) is 13.1 Å². The molecular weight excluding hydrogens is 396 g/mol. The van der Waals surface area contributed by atoms with E-state index in [-0.39, 0.29) is 10.9 Å². The fourth-order valence-corrected chi connectivity index (χ4v) is 4.44. The Balaban J connectivity index is 1.69. The molecule has 0 aliphatic rings. The van der Waals surface area contributed by atoms with Crippen LogP contribution in [0.25, 0.3) is 0 Å². The van der Waals surface area contributed by atoms with Gasteiger partial charge in [-0.15, -0.1) is 0 Å². The molecular formula is C23H30N4O2S. The molecule has 0 atom stereocenters. The summed E-state index contributed by atoms with van der Waals surface area (Å²) in [6.45, 7) is 3.77. The van der Waals surface area contributed by atoms with E-state index < -0.39 is 9.84 Å². The van der Waals surface area contributed by atoms with Crippen molar-refractivity contribution >= 4 is 9.84 Å². The second-order valence-corrected chi connectivity index (χ2v) is 9.66. The van der Waals surface area contributed by atoms with Crippen molar-refractivity contribution < 1.29 is 8.42 Å². The van der Waals surface area contributed by atoms with E-state index in [4.69, 9.17) is 0 Å². The van der Waals surface area contributed by atoms with Gasteiger partial charge in [-0.1, -0.05) is 43.3 Å². The summed E-state index contributed by atoms with van der Waals surface area (Å²) in [4.78, 5) is 10.8. The van der Waals surface area contributed by atoms with Gasteiger partial charge in [0.2, 0.25) is 15.0 Å². The summed E-state index contributed by atoms with van der Waals surface area (Å²) in [6.07, 6.45) is 6.12. The van der Waals surface area contributed by atoms with Crippen molar-refractivity contribution in [1.29, 1.82) is 0 Å². The third-order valence-electron chi connectivity index (χ3n) is 5.16. The average Bonchev–Trinajstić information content (AvgIpc) is 3.17. The van der Waals surface area contributed by atoms with Gasteiger partial charge in [0.15, 0.2) is 0 Å². The Bertz CT molecular complexity index is 1020. The molecule has 7 heteroatoms. The lowest BCUT2D eigenvalue weighted by atomic mass is 10.1. The minimum atomic E-state index is -3.37. The van der Waals surface area contributed by atoms with Crippen LogP contribution in [0, 0.1) is 0 Å². The van der Waals surface area contributed by atoms with Gasteiger partial charge in [-0.25, -0.2) is 13.4 Å². The van der Waals surface area contributed by atoms with Gasteiger partial charge in [0.25, 0.3) is 0 Å². The molecule has 0 saturated heterocycles. The highest BCUT2D eigenvalue weighted by Gasteiger charge is 2.22. The van der Waals surface area contributed by atoms with E-state index in [1.54, 1.807) is 19.3 Å². The van der Waals surface area contributed by atoms with E-state index in [1.165, 1.54) is 5.56 Å². The number of aromatic nitrogens is 3. The zero-order valence-corrected chi connectivity index (χ0v) is 18.6. The maximum Gasteiger partial charge on any atom is 0.227 e. The van der Waals surface area contributed by atoms with Crippen LogP contribution in [-0.4, -0.2) is 47.2 Å². The minimum Gasteiger partial charge on any atom is -0.318 e. The fraction of sp³-hybridized carbons (Fsp3) is 0.391. The van der Waals surface area contributed by atoms with Crippen molar-refractivity contribution in [2.45, 2.75) is 44.4 Å². The number of pyridine rings is 1. The van der Waals surface area contributed by atoms with Gasteiger partial charge >= 0.3 is 0 Å². The van der Waals surface area contributed by atoms with E-state index >= 15 is 0 Å². The van der Waals surface area contributed by atoms with Crippen LogP contribution in [0.2, 0.25) is 0 Å². The summed E-state index contributed by atoms with van der Waals surface area (Å²) in [6, 6.07) is 16.2. The Labute approximate surface area is 179 Å². The van der Waals surface area contributed by atoms with Crippen LogP contribution >= 0.6 is 0 Å². The molecule has 6 nitrogen and oxygen atoms in total. The molecule has 0 radical (unpaired) electrons. The van der Waals surface area contributed by atoms with Crippen molar-refractivity contribution in [2.24, 2.45) is 0 Å². The third kappa shape index (κ3) is 6.00. The van der Waals surface area contributed by atoms with Crippen LogP contribution in [-0.2, 0) is 35.8 Å². The maximum absolute atomic E-state index is 12.6. The molecule has 0 fully saturated rings. The number of hydrogen-bond donors (Lipinski definition) is 0. The lowest BCUT2D eigenvalue weighted by Crippen LogP contribution is -2.24. The van der Waals surface area contributed by atoms with Gasteiger partial charge in [-0.3, -0.25) is 4.98 Å². The quantitative estimate of drug-likeness (QED) is 0.470. The van der Waals surface area contributed by atoms with Crippen molar-refractivity contribution in [1.82, 2.24) is 19.4 Å². The van der Waals surface area contributed by atoms with Gasteiger partial charge in [-0.2, -0.15) is 0 Å².